The van der Waals surface area contributed by atoms with Crippen LogP contribution in [-0.2, 0) is 12.4 Å². The molecule has 5 rings (SSSR count). The third-order valence-electron chi connectivity index (χ3n) is 6.23. The number of aromatic nitrogens is 6. The largest absolute Gasteiger partial charge is 0.417 e. The molecule has 0 fully saturated rings. The van der Waals surface area contributed by atoms with Crippen molar-refractivity contribution in [3.8, 4) is 34.0 Å². The lowest BCUT2D eigenvalue weighted by molar-refractivity contribution is -0.142. The first-order chi connectivity index (χ1) is 18.3. The Labute approximate surface area is 216 Å². The summed E-state index contributed by atoms with van der Waals surface area (Å²) in [6.45, 7) is 3.34. The lowest BCUT2D eigenvalue weighted by Gasteiger charge is -2.17. The van der Waals surface area contributed by atoms with Crippen molar-refractivity contribution < 1.29 is 30.7 Å². The number of halogens is 7. The molecule has 1 atom stereocenters. The summed E-state index contributed by atoms with van der Waals surface area (Å²) in [5.74, 6) is -0.0563. The van der Waals surface area contributed by atoms with E-state index in [1.165, 1.54) is 29.1 Å². The molecule has 1 aromatic heterocycles. The lowest BCUT2D eigenvalue weighted by atomic mass is 10.00. The predicted molar refractivity (Wildman–Crippen MR) is 126 cm³/mol. The predicted octanol–water partition coefficient (Wildman–Crippen LogP) is 7.00. The SMILES string of the molecule is Cc1c(F)cccc1-c1nc2cnn(C(C)c3ccc(-c4ccc(C(F)(F)F)cc4C(F)(F)F)nn3)cc-2n1. The minimum absolute atomic E-state index is 0.0585. The molecule has 0 amide bonds. The van der Waals surface area contributed by atoms with Gasteiger partial charge in [-0.1, -0.05) is 18.2 Å². The normalized spacial score (nSPS) is 13.2. The maximum absolute atomic E-state index is 14.0. The van der Waals surface area contributed by atoms with Gasteiger partial charge in [-0.15, -0.1) is 0 Å². The molecule has 0 saturated heterocycles. The molecule has 0 spiro atoms. The molecule has 200 valence electrons. The summed E-state index contributed by atoms with van der Waals surface area (Å²) in [6.07, 6.45) is -6.91. The fourth-order valence-electron chi connectivity index (χ4n) is 4.04. The zero-order valence-electron chi connectivity index (χ0n) is 20.2. The van der Waals surface area contributed by atoms with Gasteiger partial charge in [0.25, 0.3) is 0 Å². The van der Waals surface area contributed by atoms with Crippen LogP contribution >= 0.6 is 0 Å². The van der Waals surface area contributed by atoms with E-state index in [1.54, 1.807) is 32.2 Å². The van der Waals surface area contributed by atoms with Gasteiger partial charge in [0, 0.05) is 11.1 Å². The van der Waals surface area contributed by atoms with Crippen molar-refractivity contribution in [3.63, 3.8) is 0 Å². The molecule has 13 heteroatoms. The molecule has 0 saturated carbocycles. The van der Waals surface area contributed by atoms with Gasteiger partial charge < -0.3 is 0 Å². The fraction of sp³-hybridized carbons (Fsp3) is 0.192. The highest BCUT2D eigenvalue weighted by Gasteiger charge is 2.38. The molecule has 0 bridgehead atoms. The summed E-state index contributed by atoms with van der Waals surface area (Å²) >= 11 is 0. The van der Waals surface area contributed by atoms with E-state index < -0.39 is 35.1 Å². The summed E-state index contributed by atoms with van der Waals surface area (Å²) < 4.78 is 95.1. The molecular weight excluding hydrogens is 529 g/mol. The van der Waals surface area contributed by atoms with Crippen LogP contribution in [0.4, 0.5) is 30.7 Å². The highest BCUT2D eigenvalue weighted by molar-refractivity contribution is 5.68. The first-order valence-corrected chi connectivity index (χ1v) is 11.4. The average molecular weight is 546 g/mol. The lowest BCUT2D eigenvalue weighted by Crippen LogP contribution is -2.14. The molecule has 2 aromatic carbocycles. The molecule has 0 N–H and O–H groups in total. The van der Waals surface area contributed by atoms with Gasteiger partial charge in [-0.05, 0) is 49.7 Å². The van der Waals surface area contributed by atoms with Gasteiger partial charge in [0.15, 0.2) is 5.82 Å². The van der Waals surface area contributed by atoms with Gasteiger partial charge in [0.05, 0.1) is 41.0 Å². The van der Waals surface area contributed by atoms with Gasteiger partial charge in [-0.2, -0.15) is 41.6 Å². The Morgan fingerprint density at radius 2 is 1.54 bits per heavy atom. The van der Waals surface area contributed by atoms with E-state index in [9.17, 15) is 30.7 Å². The molecule has 2 aliphatic heterocycles. The van der Waals surface area contributed by atoms with Crippen molar-refractivity contribution in [2.24, 2.45) is 0 Å². The Morgan fingerprint density at radius 1 is 0.795 bits per heavy atom. The quantitative estimate of drug-likeness (QED) is 0.227. The van der Waals surface area contributed by atoms with E-state index in [4.69, 9.17) is 0 Å². The van der Waals surface area contributed by atoms with E-state index in [0.717, 1.165) is 6.07 Å². The molecule has 3 aromatic rings. The van der Waals surface area contributed by atoms with Crippen LogP contribution in [0.1, 0.15) is 35.3 Å². The monoisotopic (exact) mass is 546 g/mol. The van der Waals surface area contributed by atoms with Crippen molar-refractivity contribution in [1.29, 1.82) is 0 Å². The van der Waals surface area contributed by atoms with Gasteiger partial charge >= 0.3 is 12.4 Å². The van der Waals surface area contributed by atoms with Crippen LogP contribution in [0.2, 0.25) is 0 Å². The number of hydrogen-bond donors (Lipinski definition) is 0. The van der Waals surface area contributed by atoms with Crippen LogP contribution in [0.25, 0.3) is 34.0 Å². The van der Waals surface area contributed by atoms with Crippen molar-refractivity contribution >= 4 is 0 Å². The van der Waals surface area contributed by atoms with Crippen molar-refractivity contribution in [2.75, 3.05) is 0 Å². The third kappa shape index (κ3) is 5.03. The Bertz CT molecular complexity index is 1620. The van der Waals surface area contributed by atoms with Crippen LogP contribution in [0.15, 0.2) is 60.9 Å². The molecule has 2 aliphatic rings. The fourth-order valence-corrected chi connectivity index (χ4v) is 4.04. The van der Waals surface area contributed by atoms with Crippen LogP contribution < -0.4 is 0 Å². The number of hydrogen-bond acceptors (Lipinski definition) is 5. The maximum Gasteiger partial charge on any atom is 0.417 e. The second kappa shape index (κ2) is 9.40. The molecule has 6 nitrogen and oxygen atoms in total. The number of fused-ring (bicyclic) bond motifs is 1. The number of imidazole rings is 1. The smallest absolute Gasteiger partial charge is 0.262 e. The zero-order chi connectivity index (χ0) is 28.1. The number of rotatable bonds is 4. The molecule has 1 unspecified atom stereocenters. The molecule has 0 aliphatic carbocycles. The summed E-state index contributed by atoms with van der Waals surface area (Å²) in [4.78, 5) is 8.88. The second-order valence-electron chi connectivity index (χ2n) is 8.76. The number of nitrogens with zero attached hydrogens (tertiary/aromatic N) is 6. The zero-order valence-corrected chi connectivity index (χ0v) is 20.2. The second-order valence-corrected chi connectivity index (χ2v) is 8.76. The summed E-state index contributed by atoms with van der Waals surface area (Å²) in [7, 11) is 0. The van der Waals surface area contributed by atoms with Gasteiger partial charge in [0.2, 0.25) is 0 Å². The van der Waals surface area contributed by atoms with Crippen LogP contribution in [0, 0.1) is 12.7 Å². The van der Waals surface area contributed by atoms with E-state index in [2.05, 4.69) is 25.3 Å². The van der Waals surface area contributed by atoms with E-state index in [-0.39, 0.29) is 17.6 Å². The highest BCUT2D eigenvalue weighted by Crippen LogP contribution is 2.40. The molecule has 0 radical (unpaired) electrons. The van der Waals surface area contributed by atoms with E-state index in [1.807, 2.05) is 0 Å². The van der Waals surface area contributed by atoms with Crippen LogP contribution in [0.5, 0.6) is 0 Å². The Balaban J connectivity index is 1.45. The van der Waals surface area contributed by atoms with Gasteiger partial charge in [-0.3, -0.25) is 4.68 Å². The minimum Gasteiger partial charge on any atom is -0.262 e. The van der Waals surface area contributed by atoms with Crippen LogP contribution in [0.3, 0.4) is 0 Å². The first kappa shape index (κ1) is 26.2. The molecule has 3 heterocycles. The standard InChI is InChI=1S/C26H17F7N6/c1-13-16(4-3-5-19(13)27)24-35-22-11-34-39(12-23(22)36-24)14(2)20-8-9-21(38-37-20)17-7-6-15(25(28,29)30)10-18(17)26(31,32)33/h3-12,14H,1-2H3. The Hall–Kier alpha value is -4.42. The third-order valence-corrected chi connectivity index (χ3v) is 6.23. The highest BCUT2D eigenvalue weighted by atomic mass is 19.4. The summed E-state index contributed by atoms with van der Waals surface area (Å²) in [5.41, 5.74) is -1.43. The Morgan fingerprint density at radius 3 is 2.21 bits per heavy atom. The molecule has 39 heavy (non-hydrogen) atoms. The topological polar surface area (TPSA) is 69.4 Å². The van der Waals surface area contributed by atoms with Crippen LogP contribution in [-0.4, -0.2) is 29.9 Å². The Kier molecular flexibility index (Phi) is 6.31. The van der Waals surface area contributed by atoms with E-state index >= 15 is 0 Å². The van der Waals surface area contributed by atoms with E-state index in [0.29, 0.717) is 40.1 Å². The van der Waals surface area contributed by atoms with Crippen molar-refractivity contribution in [2.45, 2.75) is 32.2 Å². The van der Waals surface area contributed by atoms with Crippen molar-refractivity contribution in [1.82, 2.24) is 29.9 Å². The number of benzene rings is 2. The average Bonchev–Trinajstić information content (AvgIpc) is 3.32. The number of alkyl halides is 6. The van der Waals surface area contributed by atoms with Gasteiger partial charge in [0.1, 0.15) is 17.2 Å². The first-order valence-electron chi connectivity index (χ1n) is 11.4. The van der Waals surface area contributed by atoms with Crippen molar-refractivity contribution in [3.05, 3.63) is 89.1 Å². The van der Waals surface area contributed by atoms with Gasteiger partial charge in [-0.25, -0.2) is 14.4 Å². The summed E-state index contributed by atoms with van der Waals surface area (Å²) in [6, 6.07) is 8.09. The molecular formula is C26H17F7N6. The minimum atomic E-state index is -5.04. The maximum atomic E-state index is 14.0. The summed E-state index contributed by atoms with van der Waals surface area (Å²) in [5, 5.41) is 12.2.